The zero-order valence-corrected chi connectivity index (χ0v) is 13.7. The second kappa shape index (κ2) is 6.49. The summed E-state index contributed by atoms with van der Waals surface area (Å²) in [5.74, 6) is 1.37. The summed E-state index contributed by atoms with van der Waals surface area (Å²) in [7, 11) is 0. The van der Waals surface area contributed by atoms with Crippen molar-refractivity contribution in [2.45, 2.75) is 6.54 Å². The van der Waals surface area contributed by atoms with Crippen LogP contribution in [0.1, 0.15) is 16.1 Å². The molecular formula is C18H13ClN2O4. The molecule has 2 heterocycles. The molecule has 25 heavy (non-hydrogen) atoms. The molecule has 6 nitrogen and oxygen atoms in total. The van der Waals surface area contributed by atoms with Crippen molar-refractivity contribution in [2.24, 2.45) is 0 Å². The van der Waals surface area contributed by atoms with Crippen molar-refractivity contribution < 1.29 is 18.7 Å². The molecule has 1 aliphatic heterocycles. The lowest BCUT2D eigenvalue weighted by atomic mass is 10.1. The van der Waals surface area contributed by atoms with Crippen LogP contribution < -0.4 is 14.8 Å². The van der Waals surface area contributed by atoms with Crippen molar-refractivity contribution in [1.29, 1.82) is 0 Å². The van der Waals surface area contributed by atoms with Gasteiger partial charge in [0.15, 0.2) is 29.3 Å². The number of amides is 1. The normalized spacial score (nSPS) is 12.2. The van der Waals surface area contributed by atoms with Gasteiger partial charge in [-0.05, 0) is 29.8 Å². The van der Waals surface area contributed by atoms with E-state index >= 15 is 0 Å². The van der Waals surface area contributed by atoms with E-state index in [1.807, 2.05) is 30.3 Å². The highest BCUT2D eigenvalue weighted by molar-refractivity contribution is 6.33. The van der Waals surface area contributed by atoms with Crippen LogP contribution in [0.4, 0.5) is 0 Å². The molecule has 0 saturated heterocycles. The van der Waals surface area contributed by atoms with Crippen LogP contribution in [0.15, 0.2) is 53.3 Å². The summed E-state index contributed by atoms with van der Waals surface area (Å²) >= 11 is 6.17. The van der Waals surface area contributed by atoms with Crippen LogP contribution in [-0.4, -0.2) is 17.7 Å². The highest BCUT2D eigenvalue weighted by Gasteiger charge is 2.20. The molecule has 1 N–H and O–H groups in total. The number of aromatic nitrogens is 1. The molecule has 0 unspecified atom stereocenters. The first-order valence-electron chi connectivity index (χ1n) is 7.57. The van der Waals surface area contributed by atoms with Gasteiger partial charge in [-0.2, -0.15) is 0 Å². The van der Waals surface area contributed by atoms with Gasteiger partial charge in [-0.1, -0.05) is 29.8 Å². The number of fused-ring (bicyclic) bond motifs is 1. The van der Waals surface area contributed by atoms with E-state index in [9.17, 15) is 4.79 Å². The number of hydrogen-bond donors (Lipinski definition) is 1. The van der Waals surface area contributed by atoms with E-state index in [-0.39, 0.29) is 18.4 Å². The third kappa shape index (κ3) is 3.04. The van der Waals surface area contributed by atoms with Crippen LogP contribution in [-0.2, 0) is 6.54 Å². The van der Waals surface area contributed by atoms with Crippen molar-refractivity contribution in [3.8, 4) is 22.8 Å². The van der Waals surface area contributed by atoms with Crippen molar-refractivity contribution in [2.75, 3.05) is 6.79 Å². The zero-order valence-electron chi connectivity index (χ0n) is 13.0. The van der Waals surface area contributed by atoms with E-state index in [0.717, 1.165) is 5.56 Å². The zero-order chi connectivity index (χ0) is 17.2. The Bertz CT molecular complexity index is 938. The predicted molar refractivity (Wildman–Crippen MR) is 90.7 cm³/mol. The van der Waals surface area contributed by atoms with Gasteiger partial charge in [0.2, 0.25) is 6.79 Å². The first-order chi connectivity index (χ1) is 12.2. The maximum Gasteiger partial charge on any atom is 0.274 e. The van der Waals surface area contributed by atoms with Crippen LogP contribution in [0.25, 0.3) is 11.3 Å². The van der Waals surface area contributed by atoms with E-state index in [4.69, 9.17) is 25.5 Å². The molecule has 3 aromatic rings. The Labute approximate surface area is 148 Å². The molecule has 0 bridgehead atoms. The number of ether oxygens (including phenoxy) is 2. The molecule has 0 atom stereocenters. The fourth-order valence-electron chi connectivity index (χ4n) is 2.56. The molecule has 126 valence electrons. The standard InChI is InChI=1S/C18H13ClN2O4/c19-13-4-2-1-3-12(13)17-16(21-9-23-17)18(22)20-8-11-5-6-14-15(7-11)25-10-24-14/h1-7,9H,8,10H2,(H,20,22). The minimum atomic E-state index is -0.346. The van der Waals surface area contributed by atoms with Gasteiger partial charge >= 0.3 is 0 Å². The van der Waals surface area contributed by atoms with Crippen LogP contribution in [0.3, 0.4) is 0 Å². The molecule has 0 aliphatic carbocycles. The fourth-order valence-corrected chi connectivity index (χ4v) is 2.78. The number of hydrogen-bond acceptors (Lipinski definition) is 5. The molecule has 7 heteroatoms. The van der Waals surface area contributed by atoms with E-state index < -0.39 is 0 Å². The van der Waals surface area contributed by atoms with Gasteiger partial charge in [0.05, 0.1) is 5.02 Å². The largest absolute Gasteiger partial charge is 0.454 e. The molecule has 1 aromatic heterocycles. The van der Waals surface area contributed by atoms with Crippen LogP contribution >= 0.6 is 11.6 Å². The van der Waals surface area contributed by atoms with Crippen molar-refractivity contribution in [1.82, 2.24) is 10.3 Å². The number of carbonyl (C=O) groups excluding carboxylic acids is 1. The number of benzene rings is 2. The van der Waals surface area contributed by atoms with E-state index in [1.165, 1.54) is 6.39 Å². The van der Waals surface area contributed by atoms with Gasteiger partial charge in [-0.15, -0.1) is 0 Å². The van der Waals surface area contributed by atoms with Gasteiger partial charge in [0.1, 0.15) is 0 Å². The Hall–Kier alpha value is -2.99. The van der Waals surface area contributed by atoms with Crippen LogP contribution in [0.5, 0.6) is 11.5 Å². The van der Waals surface area contributed by atoms with Gasteiger partial charge in [0, 0.05) is 12.1 Å². The lowest BCUT2D eigenvalue weighted by Crippen LogP contribution is -2.23. The predicted octanol–water partition coefficient (Wildman–Crippen LogP) is 3.65. The third-order valence-corrected chi connectivity index (χ3v) is 4.12. The van der Waals surface area contributed by atoms with Crippen molar-refractivity contribution >= 4 is 17.5 Å². The molecule has 0 fully saturated rings. The molecule has 2 aromatic carbocycles. The monoisotopic (exact) mass is 356 g/mol. The lowest BCUT2D eigenvalue weighted by molar-refractivity contribution is 0.0946. The topological polar surface area (TPSA) is 73.6 Å². The number of nitrogens with one attached hydrogen (secondary N) is 1. The molecule has 0 spiro atoms. The maximum absolute atomic E-state index is 12.5. The Balaban J connectivity index is 1.51. The summed E-state index contributed by atoms with van der Waals surface area (Å²) < 4.78 is 16.0. The van der Waals surface area contributed by atoms with Gasteiger partial charge in [-0.3, -0.25) is 4.79 Å². The van der Waals surface area contributed by atoms with Gasteiger partial charge in [0.25, 0.3) is 5.91 Å². The first kappa shape index (κ1) is 15.5. The van der Waals surface area contributed by atoms with E-state index in [1.54, 1.807) is 12.1 Å². The number of oxazole rings is 1. The van der Waals surface area contributed by atoms with Gasteiger partial charge < -0.3 is 19.2 Å². The van der Waals surface area contributed by atoms with E-state index in [2.05, 4.69) is 10.3 Å². The van der Waals surface area contributed by atoms with Crippen molar-refractivity contribution in [3.05, 3.63) is 65.1 Å². The Morgan fingerprint density at radius 3 is 2.88 bits per heavy atom. The summed E-state index contributed by atoms with van der Waals surface area (Å²) in [6.45, 7) is 0.537. The second-order valence-corrected chi connectivity index (χ2v) is 5.79. The summed E-state index contributed by atoms with van der Waals surface area (Å²) in [5.41, 5.74) is 1.70. The maximum atomic E-state index is 12.5. The quantitative estimate of drug-likeness (QED) is 0.772. The number of halogens is 1. The van der Waals surface area contributed by atoms with Crippen molar-refractivity contribution in [3.63, 3.8) is 0 Å². The molecule has 4 rings (SSSR count). The lowest BCUT2D eigenvalue weighted by Gasteiger charge is -2.06. The van der Waals surface area contributed by atoms with Crippen LogP contribution in [0, 0.1) is 0 Å². The third-order valence-electron chi connectivity index (χ3n) is 3.79. The minimum Gasteiger partial charge on any atom is -0.454 e. The summed E-state index contributed by atoms with van der Waals surface area (Å²) in [6, 6.07) is 12.6. The number of nitrogens with zero attached hydrogens (tertiary/aromatic N) is 1. The molecular weight excluding hydrogens is 344 g/mol. The van der Waals surface area contributed by atoms with Crippen LogP contribution in [0.2, 0.25) is 5.02 Å². The molecule has 1 aliphatic rings. The number of rotatable bonds is 4. The van der Waals surface area contributed by atoms with E-state index in [0.29, 0.717) is 34.4 Å². The molecule has 1 amide bonds. The summed E-state index contributed by atoms with van der Waals surface area (Å²) in [6.07, 6.45) is 1.23. The first-order valence-corrected chi connectivity index (χ1v) is 7.95. The highest BCUT2D eigenvalue weighted by Crippen LogP contribution is 2.33. The average Bonchev–Trinajstić information content (AvgIpc) is 3.28. The SMILES string of the molecule is O=C(NCc1ccc2c(c1)OCO2)c1ncoc1-c1ccccc1Cl. The Kier molecular flexibility index (Phi) is 4.03. The second-order valence-electron chi connectivity index (χ2n) is 5.38. The number of carbonyl (C=O) groups is 1. The molecule has 0 saturated carbocycles. The molecule has 0 radical (unpaired) electrons. The average molecular weight is 357 g/mol. The smallest absolute Gasteiger partial charge is 0.274 e. The summed E-state index contributed by atoms with van der Waals surface area (Å²) in [5, 5.41) is 3.31. The fraction of sp³-hybridized carbons (Fsp3) is 0.111. The minimum absolute atomic E-state index is 0.189. The highest BCUT2D eigenvalue weighted by atomic mass is 35.5. The Morgan fingerprint density at radius 2 is 2.00 bits per heavy atom. The summed E-state index contributed by atoms with van der Waals surface area (Å²) in [4.78, 5) is 16.5. The van der Waals surface area contributed by atoms with Gasteiger partial charge in [-0.25, -0.2) is 4.98 Å². The Morgan fingerprint density at radius 1 is 1.16 bits per heavy atom.